The quantitative estimate of drug-likeness (QED) is 0.371. The van der Waals surface area contributed by atoms with Gasteiger partial charge in [0.2, 0.25) is 0 Å². The second-order valence-corrected chi connectivity index (χ2v) is 8.52. The van der Waals surface area contributed by atoms with Crippen LogP contribution in [-0.2, 0) is 16.1 Å². The molecule has 0 spiro atoms. The van der Waals surface area contributed by atoms with Crippen molar-refractivity contribution >= 4 is 23.3 Å². The van der Waals surface area contributed by atoms with Crippen molar-refractivity contribution in [3.05, 3.63) is 70.0 Å². The molecule has 0 amide bonds. The van der Waals surface area contributed by atoms with Gasteiger partial charge in [0.1, 0.15) is 5.82 Å². The van der Waals surface area contributed by atoms with Crippen LogP contribution in [0.3, 0.4) is 0 Å². The average molecular weight is 489 g/mol. The molecule has 0 unspecified atom stereocenters. The molecule has 2 N–H and O–H groups in total. The minimum absolute atomic E-state index is 0.138. The van der Waals surface area contributed by atoms with E-state index in [-0.39, 0.29) is 16.4 Å². The van der Waals surface area contributed by atoms with Crippen molar-refractivity contribution in [2.24, 2.45) is 0 Å². The number of anilines is 1. The molecule has 2 heterocycles. The first-order chi connectivity index (χ1) is 16.7. The lowest BCUT2D eigenvalue weighted by atomic mass is 10.0. The first-order valence-electron chi connectivity index (χ1n) is 11.4. The normalized spacial score (nSPS) is 17.3. The van der Waals surface area contributed by atoms with Crippen LogP contribution in [0.25, 0.3) is 0 Å². The van der Waals surface area contributed by atoms with Gasteiger partial charge in [-0.2, -0.15) is 0 Å². The molecule has 2 aliphatic rings. The molecule has 4 rings (SSSR count). The van der Waals surface area contributed by atoms with Gasteiger partial charge in [-0.1, -0.05) is 24.3 Å². The van der Waals surface area contributed by atoms with E-state index < -0.39 is 11.9 Å². The van der Waals surface area contributed by atoms with Crippen LogP contribution in [0, 0.1) is 15.9 Å². The minimum atomic E-state index is -1.82. The lowest BCUT2D eigenvalue weighted by Crippen LogP contribution is -2.53. The molecular formula is C24H29FN4O6. The summed E-state index contributed by atoms with van der Waals surface area (Å²) < 4.78 is 14.0. The number of likely N-dealkylation sites (tertiary alicyclic amines) is 1. The number of nitro benzene ring substituents is 1. The molecule has 0 aromatic heterocycles. The number of rotatable bonds is 5. The fourth-order valence-electron chi connectivity index (χ4n) is 4.46. The molecule has 2 fully saturated rings. The molecule has 0 bridgehead atoms. The summed E-state index contributed by atoms with van der Waals surface area (Å²) in [4.78, 5) is 35.7. The lowest BCUT2D eigenvalue weighted by molar-refractivity contribution is -0.384. The summed E-state index contributed by atoms with van der Waals surface area (Å²) in [6.07, 6.45) is 2.26. The van der Waals surface area contributed by atoms with Gasteiger partial charge in [0, 0.05) is 50.9 Å². The van der Waals surface area contributed by atoms with E-state index >= 15 is 0 Å². The maximum absolute atomic E-state index is 14.0. The van der Waals surface area contributed by atoms with E-state index in [0.717, 1.165) is 64.2 Å². The second-order valence-electron chi connectivity index (χ2n) is 8.52. The lowest BCUT2D eigenvalue weighted by Gasteiger charge is -2.43. The predicted molar refractivity (Wildman–Crippen MR) is 127 cm³/mol. The molecule has 2 aliphatic heterocycles. The monoisotopic (exact) mass is 488 g/mol. The molecule has 0 saturated carbocycles. The first-order valence-corrected chi connectivity index (χ1v) is 11.4. The van der Waals surface area contributed by atoms with Crippen LogP contribution < -0.4 is 4.90 Å². The number of piperidine rings is 1. The van der Waals surface area contributed by atoms with Crippen molar-refractivity contribution in [1.29, 1.82) is 0 Å². The Morgan fingerprint density at radius 3 is 2.00 bits per heavy atom. The Bertz CT molecular complexity index is 1010. The van der Waals surface area contributed by atoms with E-state index in [1.165, 1.54) is 6.07 Å². The van der Waals surface area contributed by atoms with Crippen LogP contribution in [0.1, 0.15) is 18.4 Å². The number of nitro groups is 1. The number of non-ortho nitro benzene ring substituents is 1. The smallest absolute Gasteiger partial charge is 0.414 e. The number of benzene rings is 2. The molecule has 35 heavy (non-hydrogen) atoms. The summed E-state index contributed by atoms with van der Waals surface area (Å²) in [5, 5.41) is 25.6. The molecule has 188 valence electrons. The molecule has 10 nitrogen and oxygen atoms in total. The first kappa shape index (κ1) is 26.0. The van der Waals surface area contributed by atoms with Crippen molar-refractivity contribution in [2.75, 3.05) is 44.2 Å². The summed E-state index contributed by atoms with van der Waals surface area (Å²) in [6, 6.07) is 14.5. The van der Waals surface area contributed by atoms with E-state index in [2.05, 4.69) is 14.7 Å². The Hall–Kier alpha value is -3.57. The van der Waals surface area contributed by atoms with Gasteiger partial charge in [-0.05, 0) is 43.6 Å². The predicted octanol–water partition coefficient (Wildman–Crippen LogP) is 2.68. The number of halogens is 1. The molecule has 2 aromatic rings. The Morgan fingerprint density at radius 2 is 1.49 bits per heavy atom. The molecule has 0 atom stereocenters. The van der Waals surface area contributed by atoms with Crippen LogP contribution in [0.5, 0.6) is 0 Å². The van der Waals surface area contributed by atoms with Crippen molar-refractivity contribution in [3.63, 3.8) is 0 Å². The van der Waals surface area contributed by atoms with E-state index in [4.69, 9.17) is 19.8 Å². The van der Waals surface area contributed by atoms with Crippen LogP contribution in [-0.4, -0.2) is 82.2 Å². The third-order valence-corrected chi connectivity index (χ3v) is 6.32. The van der Waals surface area contributed by atoms with Crippen LogP contribution in [0.2, 0.25) is 0 Å². The zero-order valence-corrected chi connectivity index (χ0v) is 19.3. The van der Waals surface area contributed by atoms with Gasteiger partial charge < -0.3 is 15.1 Å². The van der Waals surface area contributed by atoms with Gasteiger partial charge in [-0.3, -0.25) is 19.9 Å². The van der Waals surface area contributed by atoms with Gasteiger partial charge >= 0.3 is 11.9 Å². The maximum atomic E-state index is 14.0. The van der Waals surface area contributed by atoms with Crippen molar-refractivity contribution < 1.29 is 29.1 Å². The van der Waals surface area contributed by atoms with Gasteiger partial charge in [0.15, 0.2) is 0 Å². The highest BCUT2D eigenvalue weighted by Gasteiger charge is 2.28. The highest BCUT2D eigenvalue weighted by Crippen LogP contribution is 2.24. The largest absolute Gasteiger partial charge is 0.473 e. The molecule has 11 heteroatoms. The van der Waals surface area contributed by atoms with Crippen molar-refractivity contribution in [2.45, 2.75) is 25.4 Å². The number of hydrogen-bond acceptors (Lipinski definition) is 7. The summed E-state index contributed by atoms with van der Waals surface area (Å²) in [5.41, 5.74) is 1.97. The van der Waals surface area contributed by atoms with Crippen molar-refractivity contribution in [3.8, 4) is 0 Å². The number of hydrogen-bond donors (Lipinski definition) is 2. The number of carbonyl (C=O) groups is 2. The summed E-state index contributed by atoms with van der Waals surface area (Å²) in [5.74, 6) is -3.79. The Balaban J connectivity index is 0.000000509. The Morgan fingerprint density at radius 1 is 0.914 bits per heavy atom. The fraction of sp³-hybridized carbons (Fsp3) is 0.417. The summed E-state index contributed by atoms with van der Waals surface area (Å²) >= 11 is 0. The standard InChI is InChI=1S/C22H27FN4O2.C2H2O4/c23-21-3-1-2-4-22(21)26-15-13-25(14-16-26)19-9-11-24(12-10-19)17-18-5-7-20(8-6-18)27(28)29;3-1(4)2(5)6/h1-8,19H,9-17H2;(H,3,4)(H,5,6). The fourth-order valence-corrected chi connectivity index (χ4v) is 4.46. The van der Waals surface area contributed by atoms with Gasteiger partial charge in [-0.15, -0.1) is 0 Å². The van der Waals surface area contributed by atoms with E-state index in [1.807, 2.05) is 24.3 Å². The van der Waals surface area contributed by atoms with Crippen LogP contribution in [0.4, 0.5) is 15.8 Å². The number of piperazine rings is 1. The van der Waals surface area contributed by atoms with Crippen LogP contribution in [0.15, 0.2) is 48.5 Å². The number of aliphatic carboxylic acids is 2. The average Bonchev–Trinajstić information content (AvgIpc) is 2.86. The van der Waals surface area contributed by atoms with Crippen LogP contribution >= 0.6 is 0 Å². The Kier molecular flexibility index (Phi) is 9.10. The van der Waals surface area contributed by atoms with Crippen molar-refractivity contribution in [1.82, 2.24) is 9.80 Å². The summed E-state index contributed by atoms with van der Waals surface area (Å²) in [6.45, 7) is 6.59. The number of para-hydroxylation sites is 1. The molecule has 0 aliphatic carbocycles. The molecule has 0 radical (unpaired) electrons. The highest BCUT2D eigenvalue weighted by molar-refractivity contribution is 6.27. The van der Waals surface area contributed by atoms with Gasteiger partial charge in [-0.25, -0.2) is 14.0 Å². The maximum Gasteiger partial charge on any atom is 0.414 e. The van der Waals surface area contributed by atoms with E-state index in [1.54, 1.807) is 18.2 Å². The topological polar surface area (TPSA) is 127 Å². The zero-order chi connectivity index (χ0) is 25.4. The summed E-state index contributed by atoms with van der Waals surface area (Å²) in [7, 11) is 0. The molecule has 2 saturated heterocycles. The number of carboxylic acid groups (broad SMARTS) is 2. The number of nitrogens with zero attached hydrogens (tertiary/aromatic N) is 4. The molecular weight excluding hydrogens is 459 g/mol. The highest BCUT2D eigenvalue weighted by atomic mass is 19.1. The van der Waals surface area contributed by atoms with E-state index in [9.17, 15) is 14.5 Å². The van der Waals surface area contributed by atoms with Gasteiger partial charge in [0.05, 0.1) is 10.6 Å². The van der Waals surface area contributed by atoms with Gasteiger partial charge in [0.25, 0.3) is 5.69 Å². The zero-order valence-electron chi connectivity index (χ0n) is 19.3. The van der Waals surface area contributed by atoms with E-state index in [0.29, 0.717) is 11.7 Å². The Labute approximate surface area is 202 Å². The minimum Gasteiger partial charge on any atom is -0.473 e. The second kappa shape index (κ2) is 12.2. The third-order valence-electron chi connectivity index (χ3n) is 6.32. The molecule has 2 aromatic carbocycles. The number of carboxylic acids is 2. The SMILES string of the molecule is O=C(O)C(=O)O.O=[N+]([O-])c1ccc(CN2CCC(N3CCN(c4ccccc4F)CC3)CC2)cc1. The third kappa shape index (κ3) is 7.46.